The minimum atomic E-state index is -0.815. The lowest BCUT2D eigenvalue weighted by atomic mass is 10.1. The molecule has 0 bridgehead atoms. The van der Waals surface area contributed by atoms with Gasteiger partial charge in [-0.05, 0) is 89.9 Å². The van der Waals surface area contributed by atoms with E-state index in [-0.39, 0.29) is 37.5 Å². The Morgan fingerprint density at radius 3 is 1.15 bits per heavy atom. The molecule has 0 aromatic heterocycles. The molecule has 0 aromatic rings. The van der Waals surface area contributed by atoms with Crippen molar-refractivity contribution >= 4 is 17.9 Å². The number of hydrogen-bond donors (Lipinski definition) is 0. The SMILES string of the molecule is CC/C=C/C=C/C=C/C=C/CCCCCC(=O)OC(COC(=O)CCCCCCC/C=C/C=C/C=C/CC)COC(=O)CCCCCCCC/C=C/C/C=C/C/C=C/CC. The second-order valence-electron chi connectivity index (χ2n) is 15.0. The monoisotopic (exact) mass is 829 g/mol. The Labute approximate surface area is 367 Å². The molecule has 0 heterocycles. The fourth-order valence-corrected chi connectivity index (χ4v) is 5.88. The van der Waals surface area contributed by atoms with Crippen molar-refractivity contribution in [2.45, 2.75) is 187 Å². The van der Waals surface area contributed by atoms with Gasteiger partial charge in [0.25, 0.3) is 0 Å². The molecule has 336 valence electrons. The molecule has 0 rings (SSSR count). The molecule has 0 radical (unpaired) electrons. The summed E-state index contributed by atoms with van der Waals surface area (Å²) in [5.41, 5.74) is 0. The summed E-state index contributed by atoms with van der Waals surface area (Å²) in [5, 5.41) is 0. The number of allylic oxidation sites excluding steroid dienone is 20. The molecule has 60 heavy (non-hydrogen) atoms. The Hall–Kier alpha value is -4.19. The van der Waals surface area contributed by atoms with E-state index in [1.54, 1.807) is 0 Å². The highest BCUT2D eigenvalue weighted by Gasteiger charge is 2.19. The van der Waals surface area contributed by atoms with Crippen LogP contribution in [0, 0.1) is 0 Å². The van der Waals surface area contributed by atoms with Gasteiger partial charge in [-0.2, -0.15) is 0 Å². The molecule has 0 spiro atoms. The molecule has 1 unspecified atom stereocenters. The van der Waals surface area contributed by atoms with E-state index in [1.807, 2.05) is 42.5 Å². The molecule has 0 aliphatic carbocycles. The third kappa shape index (κ3) is 44.9. The Morgan fingerprint density at radius 2 is 0.683 bits per heavy atom. The third-order valence-electron chi connectivity index (χ3n) is 9.35. The Balaban J connectivity index is 4.52. The molecule has 0 aliphatic rings. The number of ether oxygens (including phenoxy) is 3. The molecular weight excluding hydrogens is 745 g/mol. The normalized spacial score (nSPS) is 13.2. The number of esters is 3. The summed E-state index contributed by atoms with van der Waals surface area (Å²) in [4.78, 5) is 37.8. The highest BCUT2D eigenvalue weighted by molar-refractivity contribution is 5.71. The summed E-state index contributed by atoms with van der Waals surface area (Å²) in [6.07, 6.45) is 64.6. The zero-order valence-corrected chi connectivity index (χ0v) is 38.2. The first-order chi connectivity index (χ1) is 29.5. The molecule has 0 amide bonds. The van der Waals surface area contributed by atoms with E-state index in [4.69, 9.17) is 14.2 Å². The fourth-order valence-electron chi connectivity index (χ4n) is 5.88. The Bertz CT molecular complexity index is 1320. The Morgan fingerprint density at radius 1 is 0.350 bits per heavy atom. The van der Waals surface area contributed by atoms with Crippen LogP contribution in [0.5, 0.6) is 0 Å². The van der Waals surface area contributed by atoms with Crippen LogP contribution in [0.15, 0.2) is 122 Å². The van der Waals surface area contributed by atoms with Gasteiger partial charge in [0.05, 0.1) is 0 Å². The van der Waals surface area contributed by atoms with Gasteiger partial charge in [-0.25, -0.2) is 0 Å². The summed E-state index contributed by atoms with van der Waals surface area (Å²) in [6.45, 7) is 6.16. The van der Waals surface area contributed by atoms with Crippen molar-refractivity contribution in [2.24, 2.45) is 0 Å². The fraction of sp³-hybridized carbons (Fsp3) is 0.574. The zero-order valence-electron chi connectivity index (χ0n) is 38.2. The molecular formula is C54H84O6. The average molecular weight is 829 g/mol. The van der Waals surface area contributed by atoms with E-state index in [1.165, 1.54) is 12.8 Å². The van der Waals surface area contributed by atoms with E-state index < -0.39 is 6.10 Å². The predicted octanol–water partition coefficient (Wildman–Crippen LogP) is 15.4. The van der Waals surface area contributed by atoms with Crippen LogP contribution < -0.4 is 0 Å². The van der Waals surface area contributed by atoms with Crippen LogP contribution in [0.25, 0.3) is 0 Å². The summed E-state index contributed by atoms with van der Waals surface area (Å²) in [5.74, 6) is -0.997. The van der Waals surface area contributed by atoms with Gasteiger partial charge in [-0.3, -0.25) is 14.4 Å². The smallest absolute Gasteiger partial charge is 0.306 e. The number of unbranched alkanes of at least 4 members (excludes halogenated alkanes) is 14. The van der Waals surface area contributed by atoms with Gasteiger partial charge in [0.15, 0.2) is 6.10 Å². The van der Waals surface area contributed by atoms with Gasteiger partial charge in [0.2, 0.25) is 0 Å². The highest BCUT2D eigenvalue weighted by atomic mass is 16.6. The van der Waals surface area contributed by atoms with Crippen LogP contribution in [0.1, 0.15) is 181 Å². The van der Waals surface area contributed by atoms with Crippen molar-refractivity contribution in [2.75, 3.05) is 13.2 Å². The van der Waals surface area contributed by atoms with Crippen LogP contribution in [0.2, 0.25) is 0 Å². The minimum Gasteiger partial charge on any atom is -0.462 e. The lowest BCUT2D eigenvalue weighted by molar-refractivity contribution is -0.167. The number of hydrogen-bond acceptors (Lipinski definition) is 6. The van der Waals surface area contributed by atoms with E-state index >= 15 is 0 Å². The molecule has 1 atom stereocenters. The molecule has 0 N–H and O–H groups in total. The van der Waals surface area contributed by atoms with Crippen LogP contribution in [-0.2, 0) is 28.6 Å². The topological polar surface area (TPSA) is 78.9 Å². The van der Waals surface area contributed by atoms with Gasteiger partial charge in [0.1, 0.15) is 13.2 Å². The van der Waals surface area contributed by atoms with Crippen LogP contribution in [0.3, 0.4) is 0 Å². The first kappa shape index (κ1) is 55.8. The maximum atomic E-state index is 12.7. The van der Waals surface area contributed by atoms with Crippen molar-refractivity contribution in [1.29, 1.82) is 0 Å². The quantitative estimate of drug-likeness (QED) is 0.0201. The molecule has 0 saturated heterocycles. The molecule has 0 saturated carbocycles. The first-order valence-corrected chi connectivity index (χ1v) is 23.6. The summed E-state index contributed by atoms with van der Waals surface area (Å²) < 4.78 is 16.7. The van der Waals surface area contributed by atoms with Crippen molar-refractivity contribution in [3.63, 3.8) is 0 Å². The van der Waals surface area contributed by atoms with E-state index in [0.29, 0.717) is 19.3 Å². The number of carbonyl (C=O) groups excluding carboxylic acids is 3. The Kier molecular flexibility index (Phi) is 44.2. The maximum absolute atomic E-state index is 12.7. The van der Waals surface area contributed by atoms with Crippen LogP contribution in [0.4, 0.5) is 0 Å². The van der Waals surface area contributed by atoms with Crippen molar-refractivity contribution < 1.29 is 28.6 Å². The summed E-state index contributed by atoms with van der Waals surface area (Å²) in [6, 6.07) is 0. The van der Waals surface area contributed by atoms with Crippen molar-refractivity contribution in [3.05, 3.63) is 122 Å². The van der Waals surface area contributed by atoms with E-state index in [0.717, 1.165) is 122 Å². The number of rotatable bonds is 40. The molecule has 0 aromatic carbocycles. The highest BCUT2D eigenvalue weighted by Crippen LogP contribution is 2.12. The molecule has 6 heteroatoms. The second-order valence-corrected chi connectivity index (χ2v) is 15.0. The van der Waals surface area contributed by atoms with Gasteiger partial charge >= 0.3 is 17.9 Å². The molecule has 0 fully saturated rings. The summed E-state index contributed by atoms with van der Waals surface area (Å²) in [7, 11) is 0. The van der Waals surface area contributed by atoms with Gasteiger partial charge in [0, 0.05) is 19.3 Å². The van der Waals surface area contributed by atoms with Gasteiger partial charge in [-0.1, -0.05) is 194 Å². The van der Waals surface area contributed by atoms with Crippen molar-refractivity contribution in [3.8, 4) is 0 Å². The molecule has 6 nitrogen and oxygen atoms in total. The minimum absolute atomic E-state index is 0.112. The maximum Gasteiger partial charge on any atom is 0.306 e. The average Bonchev–Trinajstić information content (AvgIpc) is 3.24. The predicted molar refractivity (Wildman–Crippen MR) is 256 cm³/mol. The lowest BCUT2D eigenvalue weighted by Crippen LogP contribution is -2.30. The second kappa shape index (κ2) is 47.5. The van der Waals surface area contributed by atoms with E-state index in [9.17, 15) is 14.4 Å². The van der Waals surface area contributed by atoms with Crippen molar-refractivity contribution in [1.82, 2.24) is 0 Å². The van der Waals surface area contributed by atoms with Gasteiger partial charge < -0.3 is 14.2 Å². The molecule has 0 aliphatic heterocycles. The lowest BCUT2D eigenvalue weighted by Gasteiger charge is -2.18. The van der Waals surface area contributed by atoms with Crippen LogP contribution in [-0.4, -0.2) is 37.2 Å². The third-order valence-corrected chi connectivity index (χ3v) is 9.35. The summed E-state index contributed by atoms with van der Waals surface area (Å²) >= 11 is 0. The standard InChI is InChI=1S/C54H84O6/c1-4-7-10-13-16-19-22-25-26-27-30-32-35-38-41-44-47-53(56)59-50-51(60-54(57)48-45-42-39-36-33-29-24-21-18-15-12-9-6-3)49-58-52(55)46-43-40-37-34-31-28-23-20-17-14-11-8-5-2/h7-12,14-21,23-26,29,33,51H,4-6,13,22,27-28,30-32,34-50H2,1-3H3/b10-7+,11-8+,12-9+,17-14+,18-15+,19-16+,23-20+,24-21+,26-25+,33-29+. The van der Waals surface area contributed by atoms with E-state index in [2.05, 4.69) is 99.8 Å². The number of carbonyl (C=O) groups is 3. The first-order valence-electron chi connectivity index (χ1n) is 23.6. The zero-order chi connectivity index (χ0) is 43.7. The largest absolute Gasteiger partial charge is 0.462 e. The van der Waals surface area contributed by atoms with Gasteiger partial charge in [-0.15, -0.1) is 0 Å². The van der Waals surface area contributed by atoms with Crippen LogP contribution >= 0.6 is 0 Å².